The smallest absolute Gasteiger partial charge is 0.171 e. The van der Waals surface area contributed by atoms with E-state index < -0.39 is 0 Å². The molecule has 1 aliphatic rings. The Hall–Kier alpha value is -2.04. The number of hydrogen-bond acceptors (Lipinski definition) is 4. The zero-order chi connectivity index (χ0) is 10.8. The molecule has 0 aliphatic carbocycles. The lowest BCUT2D eigenvalue weighted by molar-refractivity contribution is 0.304. The van der Waals surface area contributed by atoms with Gasteiger partial charge in [-0.1, -0.05) is 0 Å². The van der Waals surface area contributed by atoms with E-state index in [2.05, 4.69) is 19.9 Å². The highest BCUT2D eigenvalue weighted by Crippen LogP contribution is 2.29. The van der Waals surface area contributed by atoms with Gasteiger partial charge in [-0.05, 0) is 12.1 Å². The van der Waals surface area contributed by atoms with Gasteiger partial charge in [-0.25, -0.2) is 9.97 Å². The lowest BCUT2D eigenvalue weighted by Gasteiger charge is -2.29. The number of nitrogens with zero attached hydrogens (tertiary/aromatic N) is 3. The molecule has 0 aromatic carbocycles. The average molecular weight is 216 g/mol. The lowest BCUT2D eigenvalue weighted by Crippen LogP contribution is -2.33. The predicted octanol–water partition coefficient (Wildman–Crippen LogP) is 1.20. The Bertz CT molecular complexity index is 469. The third-order valence-electron chi connectivity index (χ3n) is 2.58. The van der Waals surface area contributed by atoms with E-state index in [9.17, 15) is 0 Å². The van der Waals surface area contributed by atoms with Crippen LogP contribution in [-0.2, 0) is 6.54 Å². The molecule has 2 aromatic heterocycles. The Kier molecular flexibility index (Phi) is 2.21. The zero-order valence-electron chi connectivity index (χ0n) is 8.76. The molecule has 0 amide bonds. The summed E-state index contributed by atoms with van der Waals surface area (Å²) in [5.41, 5.74) is 1.01. The minimum absolute atomic E-state index is 0.698. The van der Waals surface area contributed by atoms with Crippen LogP contribution in [0.1, 0.15) is 5.69 Å². The summed E-state index contributed by atoms with van der Waals surface area (Å²) < 4.78 is 5.54. The summed E-state index contributed by atoms with van der Waals surface area (Å²) >= 11 is 0. The van der Waals surface area contributed by atoms with Crippen molar-refractivity contribution < 1.29 is 4.74 Å². The molecular weight excluding hydrogens is 204 g/mol. The predicted molar refractivity (Wildman–Crippen MR) is 59.4 cm³/mol. The molecule has 5 heteroatoms. The number of fused-ring (bicyclic) bond motifs is 1. The Morgan fingerprint density at radius 1 is 1.44 bits per heavy atom. The molecule has 0 radical (unpaired) electrons. The molecule has 3 rings (SSSR count). The lowest BCUT2D eigenvalue weighted by atomic mass is 10.3. The molecule has 1 aliphatic heterocycles. The highest BCUT2D eigenvalue weighted by Gasteiger charge is 2.19. The minimum Gasteiger partial charge on any atom is -0.488 e. The summed E-state index contributed by atoms with van der Waals surface area (Å²) in [5.74, 6) is 1.75. The van der Waals surface area contributed by atoms with Crippen molar-refractivity contribution in [3.05, 3.63) is 36.5 Å². The monoisotopic (exact) mass is 216 g/mol. The molecule has 0 fully saturated rings. The number of hydrogen-bond donors (Lipinski definition) is 1. The Labute approximate surface area is 93.1 Å². The third-order valence-corrected chi connectivity index (χ3v) is 2.58. The van der Waals surface area contributed by atoms with Crippen LogP contribution in [0.3, 0.4) is 0 Å². The molecule has 0 bridgehead atoms. The molecule has 16 heavy (non-hydrogen) atoms. The van der Waals surface area contributed by atoms with E-state index in [4.69, 9.17) is 4.74 Å². The van der Waals surface area contributed by atoms with Crippen LogP contribution in [-0.4, -0.2) is 28.1 Å². The number of ether oxygens (including phenoxy) is 1. The normalized spacial score (nSPS) is 14.4. The summed E-state index contributed by atoms with van der Waals surface area (Å²) in [7, 11) is 0. The maximum absolute atomic E-state index is 5.54. The summed E-state index contributed by atoms with van der Waals surface area (Å²) in [6.45, 7) is 2.30. The molecule has 0 spiro atoms. The van der Waals surface area contributed by atoms with Crippen molar-refractivity contribution in [1.29, 1.82) is 0 Å². The van der Waals surface area contributed by atoms with E-state index >= 15 is 0 Å². The topological polar surface area (TPSA) is 54.0 Å². The first-order valence-electron chi connectivity index (χ1n) is 5.24. The quantitative estimate of drug-likeness (QED) is 0.819. The Morgan fingerprint density at radius 3 is 3.31 bits per heavy atom. The highest BCUT2D eigenvalue weighted by molar-refractivity contribution is 5.53. The highest BCUT2D eigenvalue weighted by atomic mass is 16.5. The van der Waals surface area contributed by atoms with Crippen molar-refractivity contribution in [3.8, 4) is 5.75 Å². The average Bonchev–Trinajstić information content (AvgIpc) is 2.82. The van der Waals surface area contributed by atoms with Gasteiger partial charge in [0.2, 0.25) is 0 Å². The number of nitrogens with one attached hydrogen (secondary N) is 1. The molecule has 3 heterocycles. The molecule has 0 saturated carbocycles. The molecule has 0 saturated heterocycles. The second kappa shape index (κ2) is 3.84. The van der Waals surface area contributed by atoms with Gasteiger partial charge in [0.25, 0.3) is 0 Å². The van der Waals surface area contributed by atoms with E-state index in [1.54, 1.807) is 12.5 Å². The first-order valence-corrected chi connectivity index (χ1v) is 5.24. The molecule has 2 aromatic rings. The fourth-order valence-corrected chi connectivity index (χ4v) is 1.83. The SMILES string of the molecule is c1cnc2c(c1)OCCN2Cc1c[nH]cn1. The summed E-state index contributed by atoms with van der Waals surface area (Å²) in [6, 6.07) is 3.83. The number of rotatable bonds is 2. The number of aromatic nitrogens is 3. The maximum Gasteiger partial charge on any atom is 0.171 e. The van der Waals surface area contributed by atoms with Gasteiger partial charge in [0, 0.05) is 12.4 Å². The van der Waals surface area contributed by atoms with E-state index in [0.29, 0.717) is 6.61 Å². The van der Waals surface area contributed by atoms with Crippen LogP contribution in [0.2, 0.25) is 0 Å². The van der Waals surface area contributed by atoms with Crippen molar-refractivity contribution in [1.82, 2.24) is 15.0 Å². The van der Waals surface area contributed by atoms with Crippen LogP contribution in [0.25, 0.3) is 0 Å². The summed E-state index contributed by atoms with van der Waals surface area (Å²) in [5, 5.41) is 0. The van der Waals surface area contributed by atoms with E-state index in [1.165, 1.54) is 0 Å². The van der Waals surface area contributed by atoms with Gasteiger partial charge < -0.3 is 14.6 Å². The van der Waals surface area contributed by atoms with Crippen molar-refractivity contribution in [2.75, 3.05) is 18.1 Å². The van der Waals surface area contributed by atoms with E-state index in [-0.39, 0.29) is 0 Å². The second-order valence-corrected chi connectivity index (χ2v) is 3.66. The molecular formula is C11H12N4O. The first-order chi connectivity index (χ1) is 7.93. The first kappa shape index (κ1) is 9.21. The van der Waals surface area contributed by atoms with Crippen LogP contribution in [0.4, 0.5) is 5.82 Å². The summed E-state index contributed by atoms with van der Waals surface area (Å²) in [6.07, 6.45) is 5.37. The number of H-pyrrole nitrogens is 1. The molecule has 0 unspecified atom stereocenters. The standard InChI is InChI=1S/C11H12N4O/c1-2-10-11(13-3-1)15(4-5-16-10)7-9-6-12-8-14-9/h1-3,6,8H,4-5,7H2,(H,12,14). The van der Waals surface area contributed by atoms with E-state index in [0.717, 1.165) is 30.4 Å². The third kappa shape index (κ3) is 1.60. The van der Waals surface area contributed by atoms with Gasteiger partial charge in [0.05, 0.1) is 25.1 Å². The minimum atomic E-state index is 0.698. The number of pyridine rings is 1. The van der Waals surface area contributed by atoms with Gasteiger partial charge in [0.15, 0.2) is 11.6 Å². The second-order valence-electron chi connectivity index (χ2n) is 3.66. The van der Waals surface area contributed by atoms with Crippen LogP contribution >= 0.6 is 0 Å². The van der Waals surface area contributed by atoms with Gasteiger partial charge in [-0.2, -0.15) is 0 Å². The van der Waals surface area contributed by atoms with Gasteiger partial charge >= 0.3 is 0 Å². The van der Waals surface area contributed by atoms with Gasteiger partial charge in [-0.15, -0.1) is 0 Å². The fraction of sp³-hybridized carbons (Fsp3) is 0.273. The van der Waals surface area contributed by atoms with E-state index in [1.807, 2.05) is 18.3 Å². The zero-order valence-corrected chi connectivity index (χ0v) is 8.76. The van der Waals surface area contributed by atoms with Gasteiger partial charge in [-0.3, -0.25) is 0 Å². The van der Waals surface area contributed by atoms with Crippen molar-refractivity contribution >= 4 is 5.82 Å². The van der Waals surface area contributed by atoms with Crippen LogP contribution in [0.5, 0.6) is 5.75 Å². The maximum atomic E-state index is 5.54. The molecule has 82 valence electrons. The molecule has 5 nitrogen and oxygen atoms in total. The number of imidazole rings is 1. The fourth-order valence-electron chi connectivity index (χ4n) is 1.83. The van der Waals surface area contributed by atoms with Crippen molar-refractivity contribution in [3.63, 3.8) is 0 Å². The largest absolute Gasteiger partial charge is 0.488 e. The Balaban J connectivity index is 1.87. The summed E-state index contributed by atoms with van der Waals surface area (Å²) in [4.78, 5) is 13.7. The van der Waals surface area contributed by atoms with Crippen molar-refractivity contribution in [2.24, 2.45) is 0 Å². The molecule has 1 N–H and O–H groups in total. The van der Waals surface area contributed by atoms with Crippen LogP contribution in [0, 0.1) is 0 Å². The van der Waals surface area contributed by atoms with Gasteiger partial charge in [0.1, 0.15) is 6.61 Å². The number of anilines is 1. The van der Waals surface area contributed by atoms with Crippen LogP contribution in [0.15, 0.2) is 30.9 Å². The Morgan fingerprint density at radius 2 is 2.44 bits per heavy atom. The van der Waals surface area contributed by atoms with Crippen LogP contribution < -0.4 is 9.64 Å². The molecule has 0 atom stereocenters. The number of aromatic amines is 1. The van der Waals surface area contributed by atoms with Crippen molar-refractivity contribution in [2.45, 2.75) is 6.54 Å².